The quantitative estimate of drug-likeness (QED) is 0.852. The van der Waals surface area contributed by atoms with Gasteiger partial charge in [-0.2, -0.15) is 4.31 Å². The summed E-state index contributed by atoms with van der Waals surface area (Å²) in [4.78, 5) is 11.4. The van der Waals surface area contributed by atoms with E-state index < -0.39 is 16.0 Å². The Morgan fingerprint density at radius 1 is 1.04 bits per heavy atom. The maximum Gasteiger partial charge on any atom is 0.335 e. The SMILES string of the molecule is O=C(O)c1cc(-c2cccc(CO)c2)cc(S(=O)(=O)N2CCCC2)c1. The third-order valence-electron chi connectivity index (χ3n) is 4.30. The van der Waals surface area contributed by atoms with Crippen LogP contribution in [0.2, 0.25) is 0 Å². The smallest absolute Gasteiger partial charge is 0.335 e. The summed E-state index contributed by atoms with van der Waals surface area (Å²) in [6.45, 7) is 0.759. The molecule has 1 saturated heterocycles. The fourth-order valence-electron chi connectivity index (χ4n) is 2.96. The van der Waals surface area contributed by atoms with Crippen molar-refractivity contribution >= 4 is 16.0 Å². The van der Waals surface area contributed by atoms with Crippen LogP contribution in [0.3, 0.4) is 0 Å². The van der Waals surface area contributed by atoms with Gasteiger partial charge in [-0.3, -0.25) is 0 Å². The maximum atomic E-state index is 12.8. The summed E-state index contributed by atoms with van der Waals surface area (Å²) in [5, 5.41) is 18.6. The molecule has 0 aliphatic carbocycles. The summed E-state index contributed by atoms with van der Waals surface area (Å²) in [7, 11) is -3.72. The van der Waals surface area contributed by atoms with Crippen LogP contribution in [0.5, 0.6) is 0 Å². The van der Waals surface area contributed by atoms with Crippen LogP contribution in [0.25, 0.3) is 11.1 Å². The van der Waals surface area contributed by atoms with E-state index >= 15 is 0 Å². The first-order valence-corrected chi connectivity index (χ1v) is 9.44. The zero-order valence-electron chi connectivity index (χ0n) is 13.6. The molecule has 1 aliphatic rings. The minimum atomic E-state index is -3.72. The minimum Gasteiger partial charge on any atom is -0.478 e. The van der Waals surface area contributed by atoms with Gasteiger partial charge in [-0.05, 0) is 53.8 Å². The van der Waals surface area contributed by atoms with Gasteiger partial charge in [0.15, 0.2) is 0 Å². The van der Waals surface area contributed by atoms with Gasteiger partial charge < -0.3 is 10.2 Å². The number of carbonyl (C=O) groups is 1. The van der Waals surface area contributed by atoms with Crippen LogP contribution in [0.15, 0.2) is 47.4 Å². The highest BCUT2D eigenvalue weighted by Gasteiger charge is 2.28. The van der Waals surface area contributed by atoms with Crippen LogP contribution in [0.1, 0.15) is 28.8 Å². The summed E-state index contributed by atoms with van der Waals surface area (Å²) in [5.41, 5.74) is 1.74. The van der Waals surface area contributed by atoms with Crippen molar-refractivity contribution in [2.45, 2.75) is 24.3 Å². The molecule has 2 N–H and O–H groups in total. The molecule has 2 aromatic carbocycles. The Morgan fingerprint density at radius 2 is 1.76 bits per heavy atom. The lowest BCUT2D eigenvalue weighted by molar-refractivity contribution is 0.0696. The Bertz CT molecular complexity index is 901. The number of sulfonamides is 1. The Labute approximate surface area is 146 Å². The van der Waals surface area contributed by atoms with E-state index in [0.29, 0.717) is 29.8 Å². The number of benzene rings is 2. The number of rotatable bonds is 5. The molecule has 25 heavy (non-hydrogen) atoms. The molecular weight excluding hydrogens is 342 g/mol. The Kier molecular flexibility index (Phi) is 4.89. The normalized spacial score (nSPS) is 15.4. The number of hydrogen-bond donors (Lipinski definition) is 2. The Morgan fingerprint density at radius 3 is 2.40 bits per heavy atom. The third kappa shape index (κ3) is 3.58. The van der Waals surface area contributed by atoms with Crippen LogP contribution in [0.4, 0.5) is 0 Å². The van der Waals surface area contributed by atoms with Crippen molar-refractivity contribution < 1.29 is 23.4 Å². The second kappa shape index (κ2) is 6.95. The van der Waals surface area contributed by atoms with Gasteiger partial charge in [0.05, 0.1) is 17.1 Å². The molecule has 1 aliphatic heterocycles. The molecule has 0 saturated carbocycles. The first kappa shape index (κ1) is 17.6. The predicted octanol–water partition coefficient (Wildman–Crippen LogP) is 2.33. The standard InChI is InChI=1S/C18H19NO5S/c20-12-13-4-3-5-14(8-13)15-9-16(18(21)22)11-17(10-15)25(23,24)19-6-1-2-7-19/h3-5,8-11,20H,1-2,6-7,12H2,(H,21,22). The second-order valence-corrected chi connectivity index (χ2v) is 7.96. The molecule has 0 amide bonds. The fourth-order valence-corrected chi connectivity index (χ4v) is 4.55. The first-order chi connectivity index (χ1) is 11.9. The lowest BCUT2D eigenvalue weighted by atomic mass is 10.0. The minimum absolute atomic E-state index is 0.0151. The van der Waals surface area contributed by atoms with E-state index in [9.17, 15) is 23.4 Å². The first-order valence-electron chi connectivity index (χ1n) is 8.00. The van der Waals surface area contributed by atoms with Gasteiger partial charge in [0.2, 0.25) is 10.0 Å². The number of aromatic carboxylic acids is 1. The summed E-state index contributed by atoms with van der Waals surface area (Å²) in [6, 6.07) is 11.1. The lowest BCUT2D eigenvalue weighted by Crippen LogP contribution is -2.28. The number of aliphatic hydroxyl groups excluding tert-OH is 1. The van der Waals surface area contributed by atoms with E-state index in [4.69, 9.17) is 0 Å². The largest absolute Gasteiger partial charge is 0.478 e. The van der Waals surface area contributed by atoms with Gasteiger partial charge in [-0.1, -0.05) is 18.2 Å². The van der Waals surface area contributed by atoms with Crippen molar-refractivity contribution in [1.82, 2.24) is 4.31 Å². The molecule has 7 heteroatoms. The molecule has 0 spiro atoms. The zero-order valence-corrected chi connectivity index (χ0v) is 14.4. The molecule has 0 radical (unpaired) electrons. The van der Waals surface area contributed by atoms with E-state index in [-0.39, 0.29) is 17.1 Å². The number of aliphatic hydroxyl groups is 1. The predicted molar refractivity (Wildman–Crippen MR) is 92.8 cm³/mol. The van der Waals surface area contributed by atoms with E-state index in [1.807, 2.05) is 0 Å². The Hall–Kier alpha value is -2.22. The maximum absolute atomic E-state index is 12.8. The second-order valence-electron chi connectivity index (χ2n) is 6.02. The van der Waals surface area contributed by atoms with Gasteiger partial charge in [-0.25, -0.2) is 13.2 Å². The van der Waals surface area contributed by atoms with E-state index in [1.54, 1.807) is 24.3 Å². The zero-order chi connectivity index (χ0) is 18.0. The highest BCUT2D eigenvalue weighted by Crippen LogP contribution is 2.28. The number of carboxylic acid groups (broad SMARTS) is 1. The van der Waals surface area contributed by atoms with E-state index in [1.165, 1.54) is 22.5 Å². The van der Waals surface area contributed by atoms with Crippen LogP contribution >= 0.6 is 0 Å². The van der Waals surface area contributed by atoms with Crippen molar-refractivity contribution in [3.8, 4) is 11.1 Å². The molecule has 1 heterocycles. The molecule has 0 unspecified atom stereocenters. The number of carboxylic acids is 1. The highest BCUT2D eigenvalue weighted by molar-refractivity contribution is 7.89. The van der Waals surface area contributed by atoms with Crippen molar-refractivity contribution in [3.05, 3.63) is 53.6 Å². The van der Waals surface area contributed by atoms with Crippen molar-refractivity contribution in [3.63, 3.8) is 0 Å². The molecule has 0 bridgehead atoms. The molecule has 0 atom stereocenters. The average molecular weight is 361 g/mol. The monoisotopic (exact) mass is 361 g/mol. The molecule has 0 aromatic heterocycles. The molecule has 132 valence electrons. The number of hydrogen-bond acceptors (Lipinski definition) is 4. The van der Waals surface area contributed by atoms with Gasteiger partial charge in [0, 0.05) is 13.1 Å². The van der Waals surface area contributed by atoms with Gasteiger partial charge >= 0.3 is 5.97 Å². The fraction of sp³-hybridized carbons (Fsp3) is 0.278. The highest BCUT2D eigenvalue weighted by atomic mass is 32.2. The van der Waals surface area contributed by atoms with Gasteiger partial charge in [0.1, 0.15) is 0 Å². The lowest BCUT2D eigenvalue weighted by Gasteiger charge is -2.17. The third-order valence-corrected chi connectivity index (χ3v) is 6.18. The van der Waals surface area contributed by atoms with Gasteiger partial charge in [-0.15, -0.1) is 0 Å². The summed E-state index contributed by atoms with van der Waals surface area (Å²) >= 11 is 0. The summed E-state index contributed by atoms with van der Waals surface area (Å²) < 4.78 is 27.0. The van der Waals surface area contributed by atoms with E-state index in [0.717, 1.165) is 12.8 Å². The molecule has 3 rings (SSSR count). The van der Waals surface area contributed by atoms with Gasteiger partial charge in [0.25, 0.3) is 0 Å². The molecule has 6 nitrogen and oxygen atoms in total. The molecule has 2 aromatic rings. The number of nitrogens with zero attached hydrogens (tertiary/aromatic N) is 1. The van der Waals surface area contributed by atoms with Crippen molar-refractivity contribution in [2.75, 3.05) is 13.1 Å². The molecule has 1 fully saturated rings. The van der Waals surface area contributed by atoms with Crippen LogP contribution in [-0.2, 0) is 16.6 Å². The van der Waals surface area contributed by atoms with E-state index in [2.05, 4.69) is 0 Å². The van der Waals surface area contributed by atoms with Crippen LogP contribution in [-0.4, -0.2) is 42.0 Å². The van der Waals surface area contributed by atoms with Crippen LogP contribution in [0, 0.1) is 0 Å². The Balaban J connectivity index is 2.13. The van der Waals surface area contributed by atoms with Crippen LogP contribution < -0.4 is 0 Å². The topological polar surface area (TPSA) is 94.9 Å². The summed E-state index contributed by atoms with van der Waals surface area (Å²) in [5.74, 6) is -1.18. The van der Waals surface area contributed by atoms with Crippen molar-refractivity contribution in [1.29, 1.82) is 0 Å². The van der Waals surface area contributed by atoms with Crippen molar-refractivity contribution in [2.24, 2.45) is 0 Å². The average Bonchev–Trinajstić information content (AvgIpc) is 3.17. The molecular formula is C18H19NO5S. The summed E-state index contributed by atoms with van der Waals surface area (Å²) in [6.07, 6.45) is 1.62.